The first-order valence-electron chi connectivity index (χ1n) is 4.37. The molecule has 5 nitrogen and oxygen atoms in total. The molecule has 1 atom stereocenters. The quantitative estimate of drug-likeness (QED) is 0.839. The van der Waals surface area contributed by atoms with Crippen LogP contribution in [0.5, 0.6) is 0 Å². The number of amides is 1. The van der Waals surface area contributed by atoms with Crippen LogP contribution < -0.4 is 0 Å². The van der Waals surface area contributed by atoms with Crippen molar-refractivity contribution in [1.29, 1.82) is 0 Å². The topological polar surface area (TPSA) is 58.4 Å². The van der Waals surface area contributed by atoms with E-state index in [9.17, 15) is 4.79 Å². The van der Waals surface area contributed by atoms with Crippen LogP contribution in [0.4, 0.5) is 4.79 Å². The minimum atomic E-state index is -0.864. The molecule has 0 aromatic carbocycles. The Labute approximate surface area is 89.5 Å². The fourth-order valence-electron chi connectivity index (χ4n) is 1.76. The Morgan fingerprint density at radius 3 is 3.07 bits per heavy atom. The molecule has 0 saturated carbocycles. The van der Waals surface area contributed by atoms with Crippen LogP contribution in [0.3, 0.4) is 0 Å². The van der Waals surface area contributed by atoms with Crippen molar-refractivity contribution < 1.29 is 9.90 Å². The molecule has 0 unspecified atom stereocenters. The number of imidazole rings is 1. The largest absolute Gasteiger partial charge is 0.465 e. The van der Waals surface area contributed by atoms with Crippen molar-refractivity contribution in [2.45, 2.75) is 19.0 Å². The van der Waals surface area contributed by atoms with Crippen molar-refractivity contribution in [3.8, 4) is 0 Å². The molecule has 1 fully saturated rings. The van der Waals surface area contributed by atoms with Crippen molar-refractivity contribution in [2.75, 3.05) is 6.54 Å². The van der Waals surface area contributed by atoms with Gasteiger partial charge in [-0.25, -0.2) is 9.78 Å². The van der Waals surface area contributed by atoms with Gasteiger partial charge >= 0.3 is 6.09 Å². The van der Waals surface area contributed by atoms with Crippen LogP contribution in [-0.4, -0.2) is 32.2 Å². The molecule has 1 aliphatic rings. The minimum absolute atomic E-state index is 0.0914. The number of hydrogen-bond acceptors (Lipinski definition) is 2. The van der Waals surface area contributed by atoms with Gasteiger partial charge in [0.05, 0.1) is 6.33 Å². The molecule has 0 bridgehead atoms. The predicted molar refractivity (Wildman–Crippen MR) is 52.9 cm³/mol. The van der Waals surface area contributed by atoms with E-state index in [0.717, 1.165) is 17.4 Å². The van der Waals surface area contributed by atoms with Crippen molar-refractivity contribution in [3.63, 3.8) is 0 Å². The second kappa shape index (κ2) is 3.61. The van der Waals surface area contributed by atoms with Gasteiger partial charge < -0.3 is 9.67 Å². The van der Waals surface area contributed by atoms with E-state index >= 15 is 0 Å². The van der Waals surface area contributed by atoms with E-state index < -0.39 is 6.09 Å². The molecule has 1 aromatic rings. The molecule has 0 spiro atoms. The molecule has 0 radical (unpaired) electrons. The average Bonchev–Trinajstić information content (AvgIpc) is 2.70. The zero-order valence-corrected chi connectivity index (χ0v) is 9.01. The molecule has 2 rings (SSSR count). The third kappa shape index (κ3) is 1.61. The number of nitrogens with zero attached hydrogens (tertiary/aromatic N) is 3. The summed E-state index contributed by atoms with van der Waals surface area (Å²) in [6, 6.07) is 0. The molecular formula is C8H10BrN3O2. The van der Waals surface area contributed by atoms with Crippen LogP contribution >= 0.6 is 15.9 Å². The standard InChI is InChI=1S/C8H10BrN3O2/c9-6-4-11(5-10-6)7-2-1-3-12(7)8(13)14/h4-5,7H,1-3H2,(H,13,14)/t7-/m0/s1. The summed E-state index contributed by atoms with van der Waals surface area (Å²) in [6.07, 6.45) is 4.26. The van der Waals surface area contributed by atoms with Gasteiger partial charge in [0.2, 0.25) is 0 Å². The molecule has 1 amide bonds. The van der Waals surface area contributed by atoms with E-state index in [2.05, 4.69) is 20.9 Å². The predicted octanol–water partition coefficient (Wildman–Crippen LogP) is 1.92. The Kier molecular flexibility index (Phi) is 2.45. The third-order valence-corrected chi connectivity index (χ3v) is 2.79. The van der Waals surface area contributed by atoms with Gasteiger partial charge in [0.25, 0.3) is 0 Å². The zero-order valence-electron chi connectivity index (χ0n) is 7.43. The van der Waals surface area contributed by atoms with Gasteiger partial charge in [-0.3, -0.25) is 4.90 Å². The molecule has 1 aliphatic heterocycles. The molecule has 76 valence electrons. The van der Waals surface area contributed by atoms with Crippen LogP contribution in [0.15, 0.2) is 17.1 Å². The molecule has 1 aromatic heterocycles. The zero-order chi connectivity index (χ0) is 10.1. The number of halogens is 1. The van der Waals surface area contributed by atoms with E-state index in [4.69, 9.17) is 5.11 Å². The molecule has 2 heterocycles. The SMILES string of the molecule is O=C(O)N1CCC[C@H]1n1cnc(Br)c1. The summed E-state index contributed by atoms with van der Waals surface area (Å²) >= 11 is 3.24. The second-order valence-electron chi connectivity index (χ2n) is 3.24. The van der Waals surface area contributed by atoms with E-state index in [1.807, 2.05) is 4.57 Å². The molecule has 6 heteroatoms. The normalized spacial score (nSPS) is 21.5. The van der Waals surface area contributed by atoms with Gasteiger partial charge in [-0.15, -0.1) is 0 Å². The number of carboxylic acid groups (broad SMARTS) is 1. The molecule has 1 saturated heterocycles. The van der Waals surface area contributed by atoms with E-state index in [-0.39, 0.29) is 6.17 Å². The summed E-state index contributed by atoms with van der Waals surface area (Å²) in [4.78, 5) is 16.3. The highest BCUT2D eigenvalue weighted by atomic mass is 79.9. The average molecular weight is 260 g/mol. The molecule has 1 N–H and O–H groups in total. The summed E-state index contributed by atoms with van der Waals surface area (Å²) < 4.78 is 2.56. The third-order valence-electron chi connectivity index (χ3n) is 2.38. The Balaban J connectivity index is 2.21. The molecule has 0 aliphatic carbocycles. The number of aromatic nitrogens is 2. The van der Waals surface area contributed by atoms with Crippen LogP contribution in [0, 0.1) is 0 Å². The maximum atomic E-state index is 10.9. The highest BCUT2D eigenvalue weighted by molar-refractivity contribution is 9.10. The Hall–Kier alpha value is -1.04. The summed E-state index contributed by atoms with van der Waals surface area (Å²) in [5.74, 6) is 0. The monoisotopic (exact) mass is 259 g/mol. The van der Waals surface area contributed by atoms with E-state index in [0.29, 0.717) is 6.54 Å². The summed E-state index contributed by atoms with van der Waals surface area (Å²) in [6.45, 7) is 0.607. The van der Waals surface area contributed by atoms with Crippen molar-refractivity contribution >= 4 is 22.0 Å². The van der Waals surface area contributed by atoms with Crippen molar-refractivity contribution in [1.82, 2.24) is 14.5 Å². The first-order chi connectivity index (χ1) is 6.68. The van der Waals surface area contributed by atoms with Gasteiger partial charge in [-0.2, -0.15) is 0 Å². The lowest BCUT2D eigenvalue weighted by Gasteiger charge is -2.22. The number of rotatable bonds is 1. The Morgan fingerprint density at radius 2 is 2.50 bits per heavy atom. The van der Waals surface area contributed by atoms with Gasteiger partial charge in [0.1, 0.15) is 10.8 Å². The Bertz CT molecular complexity index is 352. The summed E-state index contributed by atoms with van der Waals surface area (Å²) in [5.41, 5.74) is 0. The van der Waals surface area contributed by atoms with Gasteiger partial charge in [0, 0.05) is 12.7 Å². The van der Waals surface area contributed by atoms with Crippen LogP contribution in [0.2, 0.25) is 0 Å². The Morgan fingerprint density at radius 1 is 1.71 bits per heavy atom. The lowest BCUT2D eigenvalue weighted by Crippen LogP contribution is -2.31. The highest BCUT2D eigenvalue weighted by Crippen LogP contribution is 2.27. The van der Waals surface area contributed by atoms with E-state index in [1.165, 1.54) is 4.90 Å². The van der Waals surface area contributed by atoms with Gasteiger partial charge in [0.15, 0.2) is 0 Å². The van der Waals surface area contributed by atoms with Crippen molar-refractivity contribution in [3.05, 3.63) is 17.1 Å². The number of carbonyl (C=O) groups is 1. The minimum Gasteiger partial charge on any atom is -0.465 e. The van der Waals surface area contributed by atoms with Crippen LogP contribution in [-0.2, 0) is 0 Å². The first-order valence-corrected chi connectivity index (χ1v) is 5.16. The van der Waals surface area contributed by atoms with Crippen LogP contribution in [0.1, 0.15) is 19.0 Å². The second-order valence-corrected chi connectivity index (χ2v) is 4.05. The molecule has 14 heavy (non-hydrogen) atoms. The number of hydrogen-bond donors (Lipinski definition) is 1. The van der Waals surface area contributed by atoms with Crippen LogP contribution in [0.25, 0.3) is 0 Å². The van der Waals surface area contributed by atoms with E-state index in [1.54, 1.807) is 12.5 Å². The van der Waals surface area contributed by atoms with Gasteiger partial charge in [-0.05, 0) is 28.8 Å². The van der Waals surface area contributed by atoms with Gasteiger partial charge in [-0.1, -0.05) is 0 Å². The maximum absolute atomic E-state index is 10.9. The lowest BCUT2D eigenvalue weighted by molar-refractivity contribution is 0.124. The smallest absolute Gasteiger partial charge is 0.408 e. The maximum Gasteiger partial charge on any atom is 0.408 e. The highest BCUT2D eigenvalue weighted by Gasteiger charge is 2.29. The fraction of sp³-hybridized carbons (Fsp3) is 0.500. The summed E-state index contributed by atoms with van der Waals surface area (Å²) in [5, 5.41) is 8.93. The van der Waals surface area contributed by atoms with Crippen molar-refractivity contribution in [2.24, 2.45) is 0 Å². The lowest BCUT2D eigenvalue weighted by atomic mass is 10.3. The number of likely N-dealkylation sites (tertiary alicyclic amines) is 1. The summed E-state index contributed by atoms with van der Waals surface area (Å²) in [7, 11) is 0. The fourth-order valence-corrected chi connectivity index (χ4v) is 2.08. The first kappa shape index (κ1) is 9.51. The molecular weight excluding hydrogens is 250 g/mol.